The molecule has 1 aliphatic rings. The molecule has 2 atom stereocenters. The predicted molar refractivity (Wildman–Crippen MR) is 100 cm³/mol. The number of nitrogens with zero attached hydrogens (tertiary/aromatic N) is 4. The van der Waals surface area contributed by atoms with Gasteiger partial charge in [0.25, 0.3) is 0 Å². The molecule has 27 heavy (non-hydrogen) atoms. The van der Waals surface area contributed by atoms with Crippen LogP contribution in [0.2, 0.25) is 0 Å². The van der Waals surface area contributed by atoms with Crippen molar-refractivity contribution in [2.45, 2.75) is 25.4 Å². The van der Waals surface area contributed by atoms with Crippen molar-refractivity contribution in [2.75, 3.05) is 37.0 Å². The summed E-state index contributed by atoms with van der Waals surface area (Å²) >= 11 is 0. The minimum absolute atomic E-state index is 0.0927. The molecule has 1 fully saturated rings. The summed E-state index contributed by atoms with van der Waals surface area (Å²) < 4.78 is 20.1. The van der Waals surface area contributed by atoms with Gasteiger partial charge in [-0.3, -0.25) is 4.79 Å². The highest BCUT2D eigenvalue weighted by atomic mass is 19.1. The Balaban J connectivity index is 1.65. The number of aromatic nitrogens is 2. The average Bonchev–Trinajstić information content (AvgIpc) is 3.10. The topological polar surface area (TPSA) is 78.8 Å². The van der Waals surface area contributed by atoms with Gasteiger partial charge in [0.05, 0.1) is 18.7 Å². The number of halogens is 1. The molecule has 2 unspecified atom stereocenters. The van der Waals surface area contributed by atoms with Crippen LogP contribution in [0.1, 0.15) is 24.8 Å². The maximum Gasteiger partial charge on any atom is 0.310 e. The molecule has 2 aromatic rings. The van der Waals surface area contributed by atoms with E-state index in [1.807, 2.05) is 19.0 Å². The second-order valence-corrected chi connectivity index (χ2v) is 6.84. The van der Waals surface area contributed by atoms with Gasteiger partial charge in [0.15, 0.2) is 11.6 Å². The molecule has 0 amide bonds. The molecule has 1 N–H and O–H groups in total. The lowest BCUT2D eigenvalue weighted by Gasteiger charge is -2.20. The zero-order chi connectivity index (χ0) is 19.6. The van der Waals surface area contributed by atoms with Gasteiger partial charge in [-0.2, -0.15) is 4.98 Å². The Morgan fingerprint density at radius 1 is 1.37 bits per heavy atom. The number of carboxylic acid groups (broad SMARTS) is 1. The zero-order valence-corrected chi connectivity index (χ0v) is 15.6. The van der Waals surface area contributed by atoms with Crippen LogP contribution in [0.5, 0.6) is 5.75 Å². The summed E-state index contributed by atoms with van der Waals surface area (Å²) in [5.41, 5.74) is 0.724. The minimum atomic E-state index is -0.862. The van der Waals surface area contributed by atoms with Gasteiger partial charge in [-0.15, -0.1) is 0 Å². The van der Waals surface area contributed by atoms with E-state index >= 15 is 0 Å². The summed E-state index contributed by atoms with van der Waals surface area (Å²) in [6.07, 6.45) is 1.84. The standard InChI is InChI=1S/C19H23FN4O3/c1-12(18(25)26)13-4-6-14(7-5-13)27-15-8-9-24(11-15)17-16(20)10-21-19(22-17)23(2)3/h4-7,10,12,15H,8-9,11H2,1-3H3,(H,25,26). The molecule has 0 radical (unpaired) electrons. The van der Waals surface area contributed by atoms with Crippen LogP contribution in [0.15, 0.2) is 30.5 Å². The van der Waals surface area contributed by atoms with Gasteiger partial charge in [0, 0.05) is 27.1 Å². The molecule has 7 nitrogen and oxygen atoms in total. The highest BCUT2D eigenvalue weighted by molar-refractivity contribution is 5.75. The SMILES string of the molecule is CC(C(=O)O)c1ccc(OC2CCN(c3nc(N(C)C)ncc3F)C2)cc1. The van der Waals surface area contributed by atoms with Crippen LogP contribution in [0.4, 0.5) is 16.2 Å². The fourth-order valence-corrected chi connectivity index (χ4v) is 2.97. The van der Waals surface area contributed by atoms with E-state index in [1.165, 1.54) is 6.20 Å². The van der Waals surface area contributed by atoms with E-state index < -0.39 is 17.7 Å². The maximum absolute atomic E-state index is 14.2. The second-order valence-electron chi connectivity index (χ2n) is 6.84. The largest absolute Gasteiger partial charge is 0.489 e. The third-order valence-corrected chi connectivity index (χ3v) is 4.61. The molecule has 0 saturated carbocycles. The van der Waals surface area contributed by atoms with Crippen molar-refractivity contribution in [1.82, 2.24) is 9.97 Å². The first-order valence-electron chi connectivity index (χ1n) is 8.79. The van der Waals surface area contributed by atoms with Crippen LogP contribution in [-0.2, 0) is 4.79 Å². The van der Waals surface area contributed by atoms with Gasteiger partial charge in [0.2, 0.25) is 5.95 Å². The molecule has 0 spiro atoms. The van der Waals surface area contributed by atoms with Crippen LogP contribution >= 0.6 is 0 Å². The molecular weight excluding hydrogens is 351 g/mol. The van der Waals surface area contributed by atoms with Gasteiger partial charge < -0.3 is 19.6 Å². The van der Waals surface area contributed by atoms with Crippen molar-refractivity contribution in [3.63, 3.8) is 0 Å². The quantitative estimate of drug-likeness (QED) is 0.832. The van der Waals surface area contributed by atoms with E-state index in [0.717, 1.165) is 12.0 Å². The lowest BCUT2D eigenvalue weighted by Crippen LogP contribution is -2.27. The van der Waals surface area contributed by atoms with Crippen molar-refractivity contribution in [3.05, 3.63) is 41.8 Å². The molecule has 2 heterocycles. The number of ether oxygens (including phenoxy) is 1. The number of carboxylic acids is 1. The summed E-state index contributed by atoms with van der Waals surface area (Å²) in [6, 6.07) is 7.06. The highest BCUT2D eigenvalue weighted by Gasteiger charge is 2.27. The van der Waals surface area contributed by atoms with Crippen LogP contribution in [0.25, 0.3) is 0 Å². The van der Waals surface area contributed by atoms with E-state index in [0.29, 0.717) is 24.8 Å². The lowest BCUT2D eigenvalue weighted by molar-refractivity contribution is -0.138. The number of anilines is 2. The van der Waals surface area contributed by atoms with Gasteiger partial charge in [-0.1, -0.05) is 12.1 Å². The molecule has 0 aliphatic carbocycles. The first-order chi connectivity index (χ1) is 12.8. The number of hydrogen-bond acceptors (Lipinski definition) is 6. The monoisotopic (exact) mass is 374 g/mol. The number of benzene rings is 1. The number of rotatable bonds is 6. The van der Waals surface area contributed by atoms with Gasteiger partial charge in [-0.25, -0.2) is 9.37 Å². The Bertz CT molecular complexity index is 813. The van der Waals surface area contributed by atoms with Crippen molar-refractivity contribution < 1.29 is 19.0 Å². The Labute approximate surface area is 157 Å². The van der Waals surface area contributed by atoms with Gasteiger partial charge in [-0.05, 0) is 24.6 Å². The Kier molecular flexibility index (Phi) is 5.43. The van der Waals surface area contributed by atoms with Crippen molar-refractivity contribution in [2.24, 2.45) is 0 Å². The van der Waals surface area contributed by atoms with Crippen LogP contribution in [0, 0.1) is 5.82 Å². The fourth-order valence-electron chi connectivity index (χ4n) is 2.97. The van der Waals surface area contributed by atoms with Crippen molar-refractivity contribution >= 4 is 17.7 Å². The Hall–Kier alpha value is -2.90. The van der Waals surface area contributed by atoms with Gasteiger partial charge in [0.1, 0.15) is 11.9 Å². The lowest BCUT2D eigenvalue weighted by atomic mass is 10.0. The Morgan fingerprint density at radius 2 is 2.07 bits per heavy atom. The molecule has 144 valence electrons. The highest BCUT2D eigenvalue weighted by Crippen LogP contribution is 2.26. The summed E-state index contributed by atoms with van der Waals surface area (Å²) in [7, 11) is 3.61. The molecular formula is C19H23FN4O3. The third kappa shape index (κ3) is 4.27. The maximum atomic E-state index is 14.2. The third-order valence-electron chi connectivity index (χ3n) is 4.61. The predicted octanol–water partition coefficient (Wildman–Crippen LogP) is 2.53. The molecule has 8 heteroatoms. The zero-order valence-electron chi connectivity index (χ0n) is 15.6. The average molecular weight is 374 g/mol. The molecule has 1 saturated heterocycles. The van der Waals surface area contributed by atoms with Gasteiger partial charge >= 0.3 is 5.97 Å². The first kappa shape index (κ1) is 18.9. The van der Waals surface area contributed by atoms with Crippen LogP contribution < -0.4 is 14.5 Å². The Morgan fingerprint density at radius 3 is 2.70 bits per heavy atom. The van der Waals surface area contributed by atoms with Crippen molar-refractivity contribution in [1.29, 1.82) is 0 Å². The van der Waals surface area contributed by atoms with Crippen LogP contribution in [-0.4, -0.2) is 54.3 Å². The van der Waals surface area contributed by atoms with Crippen molar-refractivity contribution in [3.8, 4) is 5.75 Å². The molecule has 1 aromatic heterocycles. The summed E-state index contributed by atoms with van der Waals surface area (Å²) in [6.45, 7) is 2.80. The van der Waals surface area contributed by atoms with E-state index in [-0.39, 0.29) is 11.9 Å². The summed E-state index contributed by atoms with van der Waals surface area (Å²) in [5.74, 6) is -0.468. The second kappa shape index (κ2) is 7.77. The molecule has 1 aromatic carbocycles. The van der Waals surface area contributed by atoms with E-state index in [4.69, 9.17) is 9.84 Å². The fraction of sp³-hybridized carbons (Fsp3) is 0.421. The normalized spacial score (nSPS) is 17.6. The minimum Gasteiger partial charge on any atom is -0.489 e. The smallest absolute Gasteiger partial charge is 0.310 e. The summed E-state index contributed by atoms with van der Waals surface area (Å²) in [5, 5.41) is 9.07. The van der Waals surface area contributed by atoms with Crippen LogP contribution in [0.3, 0.4) is 0 Å². The number of carbonyl (C=O) groups is 1. The van der Waals surface area contributed by atoms with E-state index in [1.54, 1.807) is 36.1 Å². The number of hydrogen-bond donors (Lipinski definition) is 1. The van der Waals surface area contributed by atoms with E-state index in [9.17, 15) is 9.18 Å². The molecule has 1 aliphatic heterocycles. The molecule has 3 rings (SSSR count). The first-order valence-corrected chi connectivity index (χ1v) is 8.79. The number of aliphatic carboxylic acids is 1. The summed E-state index contributed by atoms with van der Waals surface area (Å²) in [4.78, 5) is 22.9. The molecule has 0 bridgehead atoms. The van der Waals surface area contributed by atoms with E-state index in [2.05, 4.69) is 9.97 Å².